The summed E-state index contributed by atoms with van der Waals surface area (Å²) in [5.41, 5.74) is -0.0727. The van der Waals surface area contributed by atoms with Gasteiger partial charge in [0, 0.05) is 38.8 Å². The summed E-state index contributed by atoms with van der Waals surface area (Å²) >= 11 is 0. The van der Waals surface area contributed by atoms with E-state index < -0.39 is 5.60 Å². The first-order chi connectivity index (χ1) is 9.27. The first-order valence-electron chi connectivity index (χ1n) is 6.37. The maximum Gasteiger partial charge on any atom is 0.164 e. The Kier molecular flexibility index (Phi) is 3.27. The lowest BCUT2D eigenvalue weighted by atomic mass is 9.94. The molecule has 6 heteroatoms. The molecule has 0 bridgehead atoms. The van der Waals surface area contributed by atoms with Crippen LogP contribution in [0.4, 0.5) is 5.82 Å². The van der Waals surface area contributed by atoms with Crippen LogP contribution in [0.25, 0.3) is 11.0 Å². The number of pyridine rings is 1. The molecule has 2 aromatic rings. The van der Waals surface area contributed by atoms with E-state index >= 15 is 0 Å². The van der Waals surface area contributed by atoms with Crippen molar-refractivity contribution >= 4 is 16.9 Å². The van der Waals surface area contributed by atoms with Gasteiger partial charge >= 0.3 is 0 Å². The van der Waals surface area contributed by atoms with Gasteiger partial charge < -0.3 is 15.2 Å². The fraction of sp³-hybridized carbons (Fsp3) is 0.462. The predicted molar refractivity (Wildman–Crippen MR) is 70.8 cm³/mol. The second-order valence-electron chi connectivity index (χ2n) is 4.79. The second kappa shape index (κ2) is 5.07. The van der Waals surface area contributed by atoms with Gasteiger partial charge in [-0.2, -0.15) is 0 Å². The minimum absolute atomic E-state index is 0.456. The molecule has 0 spiro atoms. The highest BCUT2D eigenvalue weighted by molar-refractivity contribution is 5.85. The Bertz CT molecular complexity index is 564. The molecule has 1 aliphatic rings. The van der Waals surface area contributed by atoms with Crippen LogP contribution in [0.2, 0.25) is 0 Å². The van der Waals surface area contributed by atoms with Crippen molar-refractivity contribution in [2.45, 2.75) is 18.4 Å². The van der Waals surface area contributed by atoms with Crippen molar-refractivity contribution in [1.82, 2.24) is 15.0 Å². The maximum atomic E-state index is 10.4. The summed E-state index contributed by atoms with van der Waals surface area (Å²) in [6.07, 6.45) is 4.46. The van der Waals surface area contributed by atoms with Crippen LogP contribution in [-0.4, -0.2) is 45.4 Å². The van der Waals surface area contributed by atoms with Crippen molar-refractivity contribution in [3.8, 4) is 0 Å². The van der Waals surface area contributed by atoms with E-state index in [1.807, 2.05) is 12.1 Å². The van der Waals surface area contributed by atoms with Crippen molar-refractivity contribution in [1.29, 1.82) is 0 Å². The predicted octanol–water partition coefficient (Wildman–Crippen LogP) is 0.978. The molecule has 3 rings (SSSR count). The van der Waals surface area contributed by atoms with E-state index in [2.05, 4.69) is 20.3 Å². The Morgan fingerprint density at radius 2 is 2.11 bits per heavy atom. The monoisotopic (exact) mass is 260 g/mol. The lowest BCUT2D eigenvalue weighted by molar-refractivity contribution is -0.0543. The molecule has 0 atom stereocenters. The average molecular weight is 260 g/mol. The number of aromatic nitrogens is 3. The number of nitrogens with zero attached hydrogens (tertiary/aromatic N) is 3. The van der Waals surface area contributed by atoms with Gasteiger partial charge in [0.25, 0.3) is 0 Å². The third kappa shape index (κ3) is 2.64. The maximum absolute atomic E-state index is 10.4. The molecule has 2 N–H and O–H groups in total. The summed E-state index contributed by atoms with van der Waals surface area (Å²) in [5, 5.41) is 14.5. The van der Waals surface area contributed by atoms with Crippen molar-refractivity contribution < 1.29 is 9.84 Å². The summed E-state index contributed by atoms with van der Waals surface area (Å²) in [6, 6.07) is 3.76. The number of aliphatic hydroxyl groups is 1. The van der Waals surface area contributed by atoms with Crippen LogP contribution in [0.1, 0.15) is 12.8 Å². The number of nitrogens with one attached hydrogen (secondary N) is 1. The van der Waals surface area contributed by atoms with Crippen LogP contribution in [0.15, 0.2) is 24.7 Å². The third-order valence-electron chi connectivity index (χ3n) is 3.42. The van der Waals surface area contributed by atoms with E-state index in [9.17, 15) is 5.11 Å². The number of hydrogen-bond donors (Lipinski definition) is 2. The van der Waals surface area contributed by atoms with E-state index in [1.165, 1.54) is 6.33 Å². The summed E-state index contributed by atoms with van der Waals surface area (Å²) in [5.74, 6) is 0.706. The Morgan fingerprint density at radius 1 is 1.26 bits per heavy atom. The zero-order chi connectivity index (χ0) is 13.1. The molecule has 0 unspecified atom stereocenters. The smallest absolute Gasteiger partial charge is 0.164 e. The van der Waals surface area contributed by atoms with Crippen LogP contribution in [-0.2, 0) is 4.74 Å². The van der Waals surface area contributed by atoms with Crippen molar-refractivity contribution in [3.63, 3.8) is 0 Å². The topological polar surface area (TPSA) is 80.2 Å². The first-order valence-corrected chi connectivity index (χ1v) is 6.37. The lowest BCUT2D eigenvalue weighted by Crippen LogP contribution is -2.42. The molecule has 0 saturated carbocycles. The number of rotatable bonds is 3. The van der Waals surface area contributed by atoms with Crippen LogP contribution in [0, 0.1) is 0 Å². The fourth-order valence-electron chi connectivity index (χ4n) is 2.21. The molecule has 0 aromatic carbocycles. The first kappa shape index (κ1) is 12.3. The lowest BCUT2D eigenvalue weighted by Gasteiger charge is -2.32. The Hall–Kier alpha value is -1.79. The van der Waals surface area contributed by atoms with Crippen LogP contribution in [0.5, 0.6) is 0 Å². The summed E-state index contributed by atoms with van der Waals surface area (Å²) in [4.78, 5) is 12.5. The summed E-state index contributed by atoms with van der Waals surface area (Å²) in [7, 11) is 0. The number of fused-ring (bicyclic) bond motifs is 1. The van der Waals surface area contributed by atoms with E-state index in [1.54, 1.807) is 6.20 Å². The molecule has 6 nitrogen and oxygen atoms in total. The van der Waals surface area contributed by atoms with Gasteiger partial charge in [-0.05, 0) is 12.1 Å². The number of ether oxygens (including phenoxy) is 1. The molecular weight excluding hydrogens is 244 g/mol. The van der Waals surface area contributed by atoms with E-state index in [0.29, 0.717) is 44.1 Å². The quantitative estimate of drug-likeness (QED) is 0.856. The second-order valence-corrected chi connectivity index (χ2v) is 4.79. The van der Waals surface area contributed by atoms with E-state index in [-0.39, 0.29) is 0 Å². The van der Waals surface area contributed by atoms with Crippen molar-refractivity contribution in [2.75, 3.05) is 25.1 Å². The molecule has 0 radical (unpaired) electrons. The summed E-state index contributed by atoms with van der Waals surface area (Å²) < 4.78 is 5.26. The number of anilines is 1. The Balaban J connectivity index is 1.78. The van der Waals surface area contributed by atoms with Gasteiger partial charge in [-0.15, -0.1) is 0 Å². The Morgan fingerprint density at radius 3 is 2.95 bits per heavy atom. The van der Waals surface area contributed by atoms with Crippen LogP contribution >= 0.6 is 0 Å². The zero-order valence-electron chi connectivity index (χ0n) is 10.5. The fourth-order valence-corrected chi connectivity index (χ4v) is 2.21. The minimum atomic E-state index is -0.724. The van der Waals surface area contributed by atoms with Crippen LogP contribution < -0.4 is 5.32 Å². The largest absolute Gasteiger partial charge is 0.388 e. The molecular formula is C13H16N4O2. The van der Waals surface area contributed by atoms with Gasteiger partial charge in [-0.3, -0.25) is 0 Å². The molecule has 0 aliphatic carbocycles. The molecule has 1 aliphatic heterocycles. The van der Waals surface area contributed by atoms with Gasteiger partial charge in [0.05, 0.1) is 11.0 Å². The van der Waals surface area contributed by atoms with E-state index in [0.717, 1.165) is 5.39 Å². The van der Waals surface area contributed by atoms with Crippen molar-refractivity contribution in [2.24, 2.45) is 0 Å². The Labute approximate surface area is 110 Å². The van der Waals surface area contributed by atoms with Gasteiger partial charge in [-0.1, -0.05) is 0 Å². The third-order valence-corrected chi connectivity index (χ3v) is 3.42. The highest BCUT2D eigenvalue weighted by Crippen LogP contribution is 2.22. The molecule has 1 fully saturated rings. The standard InChI is InChI=1S/C13H16N4O2/c18-13(3-6-19-7-4-13)8-15-12-10-2-1-5-14-11(10)16-9-17-12/h1-2,5,9,18H,3-4,6-8H2,(H,14,15,16,17). The highest BCUT2D eigenvalue weighted by Gasteiger charge is 2.29. The molecule has 3 heterocycles. The van der Waals surface area contributed by atoms with Crippen LogP contribution in [0.3, 0.4) is 0 Å². The van der Waals surface area contributed by atoms with Gasteiger partial charge in [0.2, 0.25) is 0 Å². The highest BCUT2D eigenvalue weighted by atomic mass is 16.5. The normalized spacial score (nSPS) is 18.4. The molecule has 2 aromatic heterocycles. The molecule has 1 saturated heterocycles. The van der Waals surface area contributed by atoms with Gasteiger partial charge in [-0.25, -0.2) is 15.0 Å². The number of hydrogen-bond acceptors (Lipinski definition) is 6. The summed E-state index contributed by atoms with van der Waals surface area (Å²) in [6.45, 7) is 1.66. The SMILES string of the molecule is OC1(CNc2ncnc3ncccc23)CCOCC1. The van der Waals surface area contributed by atoms with Gasteiger partial charge in [0.15, 0.2) is 5.65 Å². The van der Waals surface area contributed by atoms with E-state index in [4.69, 9.17) is 4.74 Å². The minimum Gasteiger partial charge on any atom is -0.388 e. The van der Waals surface area contributed by atoms with Crippen molar-refractivity contribution in [3.05, 3.63) is 24.7 Å². The van der Waals surface area contributed by atoms with Gasteiger partial charge in [0.1, 0.15) is 12.1 Å². The molecule has 100 valence electrons. The zero-order valence-corrected chi connectivity index (χ0v) is 10.5. The molecule has 19 heavy (non-hydrogen) atoms. The molecule has 0 amide bonds. The average Bonchev–Trinajstić information content (AvgIpc) is 2.46.